The van der Waals surface area contributed by atoms with Gasteiger partial charge in [0, 0.05) is 33.7 Å². The highest BCUT2D eigenvalue weighted by Gasteiger charge is 2.27. The van der Waals surface area contributed by atoms with Gasteiger partial charge in [-0.1, -0.05) is 34.4 Å². The number of hydrogen-bond donors (Lipinski definition) is 0. The Morgan fingerprint density at radius 3 is 1.75 bits per heavy atom. The lowest BCUT2D eigenvalue weighted by atomic mass is 10.00. The molecule has 108 valence electrons. The van der Waals surface area contributed by atoms with E-state index < -0.39 is 0 Å². The highest BCUT2D eigenvalue weighted by atomic mass is 33.1. The van der Waals surface area contributed by atoms with Crippen LogP contribution < -0.4 is 0 Å². The highest BCUT2D eigenvalue weighted by molar-refractivity contribution is 8.79. The summed E-state index contributed by atoms with van der Waals surface area (Å²) in [7, 11) is 7.73. The molecule has 0 saturated heterocycles. The van der Waals surface area contributed by atoms with E-state index in [1.54, 1.807) is 22.7 Å². The average Bonchev–Trinajstić information content (AvgIpc) is 3.17. The van der Waals surface area contributed by atoms with Crippen molar-refractivity contribution in [3.63, 3.8) is 0 Å². The molecule has 1 fully saturated rings. The van der Waals surface area contributed by atoms with Crippen molar-refractivity contribution in [2.75, 3.05) is 0 Å². The lowest BCUT2D eigenvalue weighted by Gasteiger charge is -2.29. The van der Waals surface area contributed by atoms with Crippen LogP contribution in [-0.4, -0.2) is 20.5 Å². The molecule has 2 unspecified atom stereocenters. The topological polar surface area (TPSA) is 25.8 Å². The van der Waals surface area contributed by atoms with Crippen LogP contribution in [0.5, 0.6) is 0 Å². The first-order chi connectivity index (χ1) is 9.92. The van der Waals surface area contributed by atoms with Crippen LogP contribution in [0.4, 0.5) is 0 Å². The van der Waals surface area contributed by atoms with E-state index in [1.165, 1.54) is 34.4 Å². The molecule has 0 aliphatic heterocycles. The van der Waals surface area contributed by atoms with Crippen LogP contribution >= 0.6 is 65.8 Å². The fourth-order valence-corrected chi connectivity index (χ4v) is 10.1. The Morgan fingerprint density at radius 1 is 0.850 bits per heavy atom. The van der Waals surface area contributed by atoms with Gasteiger partial charge in [0.1, 0.15) is 0 Å². The van der Waals surface area contributed by atoms with Gasteiger partial charge in [0.2, 0.25) is 0 Å². The zero-order chi connectivity index (χ0) is 13.6. The van der Waals surface area contributed by atoms with Crippen LogP contribution in [0.3, 0.4) is 0 Å². The number of nitrogens with zero attached hydrogens (tertiary/aromatic N) is 2. The van der Waals surface area contributed by atoms with Crippen LogP contribution in [0.25, 0.3) is 0 Å². The summed E-state index contributed by atoms with van der Waals surface area (Å²) in [6, 6.07) is 0. The summed E-state index contributed by atoms with van der Waals surface area (Å²) in [6.45, 7) is 0. The third-order valence-electron chi connectivity index (χ3n) is 2.95. The van der Waals surface area contributed by atoms with Gasteiger partial charge in [0.05, 0.1) is 0 Å². The molecule has 2 aromatic heterocycles. The first kappa shape index (κ1) is 15.6. The van der Waals surface area contributed by atoms with Gasteiger partial charge in [-0.15, -0.1) is 22.7 Å². The van der Waals surface area contributed by atoms with E-state index in [0.717, 1.165) is 10.5 Å². The van der Waals surface area contributed by atoms with Crippen molar-refractivity contribution in [2.45, 2.75) is 44.9 Å². The summed E-state index contributed by atoms with van der Waals surface area (Å²) < 4.78 is 2.36. The molecule has 3 rings (SSSR count). The minimum atomic E-state index is 0.732. The van der Waals surface area contributed by atoms with Crippen molar-refractivity contribution in [1.29, 1.82) is 0 Å². The van der Waals surface area contributed by atoms with E-state index in [0.29, 0.717) is 0 Å². The Hall–Kier alpha value is 0.660. The van der Waals surface area contributed by atoms with Crippen LogP contribution in [-0.2, 0) is 0 Å². The lowest BCUT2D eigenvalue weighted by molar-refractivity contribution is 0.531. The van der Waals surface area contributed by atoms with Gasteiger partial charge >= 0.3 is 0 Å². The molecule has 2 aromatic rings. The molecule has 0 aromatic carbocycles. The number of rotatable bonds is 6. The predicted octanol–water partition coefficient (Wildman–Crippen LogP) is 6.09. The molecule has 0 radical (unpaired) electrons. The lowest BCUT2D eigenvalue weighted by Crippen LogP contribution is -2.22. The molecule has 2 nitrogen and oxygen atoms in total. The fourth-order valence-electron chi connectivity index (χ4n) is 1.99. The van der Waals surface area contributed by atoms with Gasteiger partial charge in [0.15, 0.2) is 8.68 Å². The summed E-state index contributed by atoms with van der Waals surface area (Å²) in [5.41, 5.74) is 0. The second kappa shape index (κ2) is 8.33. The maximum Gasteiger partial charge on any atom is 0.160 e. The van der Waals surface area contributed by atoms with E-state index in [-0.39, 0.29) is 0 Å². The molecule has 2 atom stereocenters. The smallest absolute Gasteiger partial charge is 0.160 e. The van der Waals surface area contributed by atoms with Crippen molar-refractivity contribution < 1.29 is 0 Å². The Balaban J connectivity index is 1.50. The van der Waals surface area contributed by atoms with E-state index >= 15 is 0 Å². The largest absolute Gasteiger partial charge is 0.237 e. The van der Waals surface area contributed by atoms with Gasteiger partial charge in [-0.25, -0.2) is 9.97 Å². The second-order valence-electron chi connectivity index (χ2n) is 4.32. The van der Waals surface area contributed by atoms with E-state index in [4.69, 9.17) is 0 Å². The van der Waals surface area contributed by atoms with Crippen molar-refractivity contribution in [1.82, 2.24) is 9.97 Å². The van der Waals surface area contributed by atoms with Crippen LogP contribution in [0.2, 0.25) is 0 Å². The Kier molecular flexibility index (Phi) is 6.48. The summed E-state index contributed by atoms with van der Waals surface area (Å²) in [5.74, 6) is 0. The molecule has 20 heavy (non-hydrogen) atoms. The summed E-state index contributed by atoms with van der Waals surface area (Å²) in [6.07, 6.45) is 9.18. The van der Waals surface area contributed by atoms with Crippen LogP contribution in [0.15, 0.2) is 31.8 Å². The Morgan fingerprint density at radius 2 is 1.35 bits per heavy atom. The summed E-state index contributed by atoms with van der Waals surface area (Å²) in [4.78, 5) is 8.71. The molecular weight excluding hydrogens is 365 g/mol. The maximum atomic E-state index is 4.35. The SMILES string of the molecule is c1csc(SSC2CCCCC2SSc2nccs2)n1. The molecule has 1 saturated carbocycles. The Labute approximate surface area is 143 Å². The Bertz CT molecular complexity index is 440. The van der Waals surface area contributed by atoms with Gasteiger partial charge in [-0.3, -0.25) is 0 Å². The summed E-state index contributed by atoms with van der Waals surface area (Å²) in [5, 5.41) is 5.56. The first-order valence-electron chi connectivity index (χ1n) is 6.37. The molecule has 0 spiro atoms. The van der Waals surface area contributed by atoms with Crippen molar-refractivity contribution in [2.24, 2.45) is 0 Å². The quantitative estimate of drug-likeness (QED) is 0.564. The molecule has 0 bridgehead atoms. The fraction of sp³-hybridized carbons (Fsp3) is 0.500. The standard InChI is InChI=1S/C12H14N2S6/c1-2-4-10(18-20-12-14-6-8-16-12)9(3-1)17-19-11-13-5-7-15-11/h5-10H,1-4H2. The van der Waals surface area contributed by atoms with Gasteiger partial charge in [-0.2, -0.15) is 0 Å². The normalized spacial score (nSPS) is 23.0. The minimum absolute atomic E-state index is 0.732. The van der Waals surface area contributed by atoms with Crippen molar-refractivity contribution >= 4 is 65.8 Å². The molecule has 0 N–H and O–H groups in total. The van der Waals surface area contributed by atoms with Gasteiger partial charge in [-0.05, 0) is 34.4 Å². The minimum Gasteiger partial charge on any atom is -0.237 e. The zero-order valence-corrected chi connectivity index (χ0v) is 15.5. The van der Waals surface area contributed by atoms with E-state index in [2.05, 4.69) is 9.97 Å². The highest BCUT2D eigenvalue weighted by Crippen LogP contribution is 2.48. The molecule has 0 amide bonds. The number of hydrogen-bond acceptors (Lipinski definition) is 8. The molecule has 2 heterocycles. The van der Waals surface area contributed by atoms with Crippen molar-refractivity contribution in [3.05, 3.63) is 23.2 Å². The van der Waals surface area contributed by atoms with E-state index in [9.17, 15) is 0 Å². The van der Waals surface area contributed by atoms with Crippen LogP contribution in [0.1, 0.15) is 25.7 Å². The van der Waals surface area contributed by atoms with E-state index in [1.807, 2.05) is 66.3 Å². The first-order valence-corrected chi connectivity index (χ1v) is 12.6. The average molecular weight is 379 g/mol. The molecule has 8 heteroatoms. The third kappa shape index (κ3) is 4.58. The molecule has 1 aliphatic carbocycles. The third-order valence-corrected chi connectivity index (χ3v) is 11.3. The molecule has 1 aliphatic rings. The maximum absolute atomic E-state index is 4.35. The van der Waals surface area contributed by atoms with Crippen LogP contribution in [0, 0.1) is 0 Å². The van der Waals surface area contributed by atoms with Crippen molar-refractivity contribution in [3.8, 4) is 0 Å². The van der Waals surface area contributed by atoms with Gasteiger partial charge in [0.25, 0.3) is 0 Å². The molecular formula is C12H14N2S6. The second-order valence-corrected chi connectivity index (χ2v) is 11.5. The summed E-state index contributed by atoms with van der Waals surface area (Å²) >= 11 is 3.47. The predicted molar refractivity (Wildman–Crippen MR) is 97.2 cm³/mol. The van der Waals surface area contributed by atoms with Gasteiger partial charge < -0.3 is 0 Å². The zero-order valence-electron chi connectivity index (χ0n) is 10.6. The number of aromatic nitrogens is 2. The monoisotopic (exact) mass is 378 g/mol. The number of thiazole rings is 2.